The molecule has 96 valence electrons. The number of nitrogens with one attached hydrogen (secondary N) is 2. The lowest BCUT2D eigenvalue weighted by Gasteiger charge is -2.10. The molecule has 5 nitrogen and oxygen atoms in total. The zero-order valence-corrected chi connectivity index (χ0v) is 10.9. The summed E-state index contributed by atoms with van der Waals surface area (Å²) in [6.07, 6.45) is 8.30. The molecule has 0 saturated heterocycles. The average molecular weight is 266 g/mol. The molecule has 3 rings (SSSR count). The standard InChI is InChI=1S/C12H16ClN5/c13-12-17-10(9-11(18-12)16-7-15-9)14-6-5-8-3-1-2-4-8/h7-8H,1-6H2,(H2,14,15,16,17,18). The van der Waals surface area contributed by atoms with Crippen LogP contribution in [0.1, 0.15) is 32.1 Å². The second-order valence-electron chi connectivity index (χ2n) is 4.81. The van der Waals surface area contributed by atoms with Crippen LogP contribution in [-0.4, -0.2) is 26.5 Å². The van der Waals surface area contributed by atoms with Crippen LogP contribution in [0.2, 0.25) is 5.28 Å². The van der Waals surface area contributed by atoms with Crippen molar-refractivity contribution in [3.63, 3.8) is 0 Å². The Morgan fingerprint density at radius 1 is 1.33 bits per heavy atom. The van der Waals surface area contributed by atoms with Gasteiger partial charge < -0.3 is 10.3 Å². The monoisotopic (exact) mass is 265 g/mol. The molecule has 1 saturated carbocycles. The Balaban J connectivity index is 1.67. The molecule has 1 aliphatic carbocycles. The molecule has 18 heavy (non-hydrogen) atoms. The number of H-pyrrole nitrogens is 1. The van der Waals surface area contributed by atoms with Gasteiger partial charge in [-0.25, -0.2) is 4.98 Å². The third kappa shape index (κ3) is 2.41. The van der Waals surface area contributed by atoms with Crippen molar-refractivity contribution in [1.82, 2.24) is 19.9 Å². The van der Waals surface area contributed by atoms with Crippen LogP contribution in [-0.2, 0) is 0 Å². The minimum Gasteiger partial charge on any atom is -0.368 e. The molecule has 2 N–H and O–H groups in total. The molecule has 0 aliphatic heterocycles. The highest BCUT2D eigenvalue weighted by atomic mass is 35.5. The third-order valence-electron chi connectivity index (χ3n) is 3.58. The lowest BCUT2D eigenvalue weighted by atomic mass is 10.0. The van der Waals surface area contributed by atoms with Gasteiger partial charge in [0, 0.05) is 6.54 Å². The lowest BCUT2D eigenvalue weighted by Crippen LogP contribution is -2.08. The van der Waals surface area contributed by atoms with E-state index in [0.29, 0.717) is 5.65 Å². The second kappa shape index (κ2) is 5.10. The first-order valence-corrected chi connectivity index (χ1v) is 6.81. The van der Waals surface area contributed by atoms with Crippen LogP contribution in [0.4, 0.5) is 5.82 Å². The maximum absolute atomic E-state index is 5.87. The van der Waals surface area contributed by atoms with Crippen molar-refractivity contribution in [2.75, 3.05) is 11.9 Å². The highest BCUT2D eigenvalue weighted by Crippen LogP contribution is 2.27. The molecule has 6 heteroatoms. The predicted octanol–water partition coefficient (Wildman–Crippen LogP) is 3.00. The molecule has 0 radical (unpaired) electrons. The van der Waals surface area contributed by atoms with Crippen LogP contribution in [0.3, 0.4) is 0 Å². The Kier molecular flexibility index (Phi) is 3.32. The number of halogens is 1. The summed E-state index contributed by atoms with van der Waals surface area (Å²) in [5.74, 6) is 1.62. The quantitative estimate of drug-likeness (QED) is 0.834. The van der Waals surface area contributed by atoms with Crippen LogP contribution < -0.4 is 5.32 Å². The number of anilines is 1. The Bertz CT molecular complexity index is 532. The zero-order valence-electron chi connectivity index (χ0n) is 10.1. The topological polar surface area (TPSA) is 66.5 Å². The molecule has 0 spiro atoms. The summed E-state index contributed by atoms with van der Waals surface area (Å²) in [5, 5.41) is 3.57. The number of hydrogen-bond acceptors (Lipinski definition) is 4. The smallest absolute Gasteiger partial charge is 0.226 e. The minimum absolute atomic E-state index is 0.234. The Labute approximate surface area is 110 Å². The molecule has 0 bridgehead atoms. The third-order valence-corrected chi connectivity index (χ3v) is 3.75. The number of fused-ring (bicyclic) bond motifs is 1. The molecule has 2 aromatic heterocycles. The highest BCUT2D eigenvalue weighted by molar-refractivity contribution is 6.28. The SMILES string of the molecule is Clc1nc(NCCC2CCCC2)c2[nH]cnc2n1. The van der Waals surface area contributed by atoms with Crippen LogP contribution in [0.15, 0.2) is 6.33 Å². The second-order valence-corrected chi connectivity index (χ2v) is 5.15. The number of rotatable bonds is 4. The van der Waals surface area contributed by atoms with Gasteiger partial charge in [0.25, 0.3) is 0 Å². The molecule has 2 aromatic rings. The highest BCUT2D eigenvalue weighted by Gasteiger charge is 2.15. The van der Waals surface area contributed by atoms with Gasteiger partial charge in [-0.3, -0.25) is 0 Å². The van der Waals surface area contributed by atoms with E-state index < -0.39 is 0 Å². The van der Waals surface area contributed by atoms with E-state index in [9.17, 15) is 0 Å². The Hall–Kier alpha value is -1.36. The van der Waals surface area contributed by atoms with Crippen LogP contribution in [0.25, 0.3) is 11.2 Å². The normalized spacial score (nSPS) is 16.5. The van der Waals surface area contributed by atoms with Crippen molar-refractivity contribution in [3.8, 4) is 0 Å². The molecular formula is C12H16ClN5. The van der Waals surface area contributed by atoms with E-state index in [1.54, 1.807) is 6.33 Å². The van der Waals surface area contributed by atoms with E-state index in [1.807, 2.05) is 0 Å². The molecular weight excluding hydrogens is 250 g/mol. The van der Waals surface area contributed by atoms with E-state index in [0.717, 1.165) is 23.8 Å². The van der Waals surface area contributed by atoms with Gasteiger partial charge in [0.15, 0.2) is 11.5 Å². The minimum atomic E-state index is 0.234. The van der Waals surface area contributed by atoms with Gasteiger partial charge in [-0.05, 0) is 23.9 Å². The van der Waals surface area contributed by atoms with Crippen molar-refractivity contribution in [2.45, 2.75) is 32.1 Å². The van der Waals surface area contributed by atoms with Crippen molar-refractivity contribution in [3.05, 3.63) is 11.6 Å². The fraction of sp³-hybridized carbons (Fsp3) is 0.583. The summed E-state index contributed by atoms with van der Waals surface area (Å²) in [6.45, 7) is 0.923. The maximum Gasteiger partial charge on any atom is 0.226 e. The molecule has 1 aliphatic rings. The van der Waals surface area contributed by atoms with E-state index >= 15 is 0 Å². The van der Waals surface area contributed by atoms with Crippen molar-refractivity contribution < 1.29 is 0 Å². The maximum atomic E-state index is 5.87. The fourth-order valence-electron chi connectivity index (χ4n) is 2.63. The summed E-state index contributed by atoms with van der Waals surface area (Å²) in [4.78, 5) is 15.4. The lowest BCUT2D eigenvalue weighted by molar-refractivity contribution is 0.518. The molecule has 0 atom stereocenters. The van der Waals surface area contributed by atoms with Crippen LogP contribution in [0, 0.1) is 5.92 Å². The summed E-state index contributed by atoms with van der Waals surface area (Å²) >= 11 is 5.87. The first-order chi connectivity index (χ1) is 8.83. The summed E-state index contributed by atoms with van der Waals surface area (Å²) in [6, 6.07) is 0. The van der Waals surface area contributed by atoms with Gasteiger partial charge in [0.05, 0.1) is 6.33 Å². The number of nitrogens with zero attached hydrogens (tertiary/aromatic N) is 3. The summed E-state index contributed by atoms with van der Waals surface area (Å²) < 4.78 is 0. The van der Waals surface area contributed by atoms with Crippen LogP contribution in [0.5, 0.6) is 0 Å². The molecule has 1 fully saturated rings. The van der Waals surface area contributed by atoms with Crippen molar-refractivity contribution in [1.29, 1.82) is 0 Å². The van der Waals surface area contributed by atoms with E-state index in [-0.39, 0.29) is 5.28 Å². The van der Waals surface area contributed by atoms with Crippen molar-refractivity contribution in [2.24, 2.45) is 5.92 Å². The van der Waals surface area contributed by atoms with Gasteiger partial charge in [-0.1, -0.05) is 25.7 Å². The summed E-state index contributed by atoms with van der Waals surface area (Å²) in [5.41, 5.74) is 1.43. The van der Waals surface area contributed by atoms with Crippen LogP contribution >= 0.6 is 11.6 Å². The number of imidazole rings is 1. The van der Waals surface area contributed by atoms with Gasteiger partial charge in [0.2, 0.25) is 5.28 Å². The largest absolute Gasteiger partial charge is 0.368 e. The number of hydrogen-bond donors (Lipinski definition) is 2. The van der Waals surface area contributed by atoms with Gasteiger partial charge >= 0.3 is 0 Å². The number of aromatic nitrogens is 4. The molecule has 2 heterocycles. The van der Waals surface area contributed by atoms with Crippen molar-refractivity contribution >= 4 is 28.6 Å². The van der Waals surface area contributed by atoms with E-state index in [1.165, 1.54) is 32.1 Å². The Morgan fingerprint density at radius 2 is 2.17 bits per heavy atom. The van der Waals surface area contributed by atoms with E-state index in [4.69, 9.17) is 11.6 Å². The average Bonchev–Trinajstić information content (AvgIpc) is 2.98. The molecule has 0 aromatic carbocycles. The fourth-order valence-corrected chi connectivity index (χ4v) is 2.79. The first-order valence-electron chi connectivity index (χ1n) is 6.43. The van der Waals surface area contributed by atoms with Gasteiger partial charge in [0.1, 0.15) is 5.52 Å². The van der Waals surface area contributed by atoms with E-state index in [2.05, 4.69) is 25.3 Å². The molecule has 0 unspecified atom stereocenters. The predicted molar refractivity (Wildman–Crippen MR) is 71.8 cm³/mol. The Morgan fingerprint density at radius 3 is 3.00 bits per heavy atom. The van der Waals surface area contributed by atoms with Gasteiger partial charge in [-0.15, -0.1) is 0 Å². The van der Waals surface area contributed by atoms with Gasteiger partial charge in [-0.2, -0.15) is 9.97 Å². The molecule has 0 amide bonds. The number of aromatic amines is 1. The summed E-state index contributed by atoms with van der Waals surface area (Å²) in [7, 11) is 0. The first kappa shape index (κ1) is 11.7. The zero-order chi connectivity index (χ0) is 12.4.